The van der Waals surface area contributed by atoms with Gasteiger partial charge in [0.15, 0.2) is 6.20 Å². The number of fused-ring (bicyclic) bond motifs is 1. The number of aryl methyl sites for hydroxylation is 1. The summed E-state index contributed by atoms with van der Waals surface area (Å²) in [5.74, 6) is 2.15. The van der Waals surface area contributed by atoms with Gasteiger partial charge >= 0.3 is 0 Å². The van der Waals surface area contributed by atoms with Crippen molar-refractivity contribution in [2.24, 2.45) is 0 Å². The van der Waals surface area contributed by atoms with E-state index in [1.807, 2.05) is 0 Å². The predicted molar refractivity (Wildman–Crippen MR) is 75.6 cm³/mol. The fraction of sp³-hybridized carbons (Fsp3) is 0.357. The Kier molecular flexibility index (Phi) is 4.68. The van der Waals surface area contributed by atoms with Crippen LogP contribution in [0.4, 0.5) is 5.82 Å². The van der Waals surface area contributed by atoms with Crippen LogP contribution < -0.4 is 27.3 Å². The van der Waals surface area contributed by atoms with Gasteiger partial charge in [-0.3, -0.25) is 0 Å². The maximum Gasteiger partial charge on any atom is 0.263 e. The molecule has 1 aromatic heterocycles. The van der Waals surface area contributed by atoms with Gasteiger partial charge in [0.25, 0.3) is 5.82 Å². The highest BCUT2D eigenvalue weighted by molar-refractivity contribution is 9.10. The summed E-state index contributed by atoms with van der Waals surface area (Å²) in [6.07, 6.45) is 6.99. The van der Waals surface area contributed by atoms with Gasteiger partial charge in [-0.25, -0.2) is 4.57 Å². The predicted octanol–water partition coefficient (Wildman–Crippen LogP) is -0.160. The molecule has 1 aliphatic heterocycles. The zero-order valence-corrected chi connectivity index (χ0v) is 13.8. The lowest BCUT2D eigenvalue weighted by atomic mass is 10.2. The number of imidazole rings is 1. The van der Waals surface area contributed by atoms with Crippen LogP contribution in [0.15, 0.2) is 34.9 Å². The van der Waals surface area contributed by atoms with Gasteiger partial charge in [-0.15, -0.1) is 0 Å². The molecule has 0 radical (unpaired) electrons. The molecule has 1 aliphatic rings. The van der Waals surface area contributed by atoms with Crippen molar-refractivity contribution in [1.29, 1.82) is 0 Å². The van der Waals surface area contributed by atoms with E-state index in [4.69, 9.17) is 5.73 Å². The fourth-order valence-electron chi connectivity index (χ4n) is 2.65. The van der Waals surface area contributed by atoms with E-state index in [0.717, 1.165) is 28.9 Å². The van der Waals surface area contributed by atoms with Crippen LogP contribution in [0.5, 0.6) is 0 Å². The second-order valence-corrected chi connectivity index (χ2v) is 5.70. The molecule has 102 valence electrons. The van der Waals surface area contributed by atoms with Crippen molar-refractivity contribution in [3.8, 4) is 5.69 Å². The molecule has 0 spiro atoms. The molecule has 0 amide bonds. The van der Waals surface area contributed by atoms with E-state index in [1.54, 1.807) is 0 Å². The van der Waals surface area contributed by atoms with Gasteiger partial charge in [0.1, 0.15) is 5.69 Å². The number of nitrogens with two attached hydrogens (primary N) is 1. The van der Waals surface area contributed by atoms with E-state index in [-0.39, 0.29) is 17.0 Å². The molecule has 0 saturated heterocycles. The first-order valence-corrected chi connectivity index (χ1v) is 7.20. The first-order valence-electron chi connectivity index (χ1n) is 6.41. The van der Waals surface area contributed by atoms with E-state index in [0.29, 0.717) is 0 Å². The van der Waals surface area contributed by atoms with Crippen molar-refractivity contribution in [3.05, 3.63) is 40.8 Å². The molecule has 1 aromatic carbocycles. The Labute approximate surface area is 132 Å². The number of halogens is 2. The Hall–Kier alpha value is -0.810. The molecule has 0 atom stereocenters. The molecule has 19 heavy (non-hydrogen) atoms. The van der Waals surface area contributed by atoms with Gasteiger partial charge < -0.3 is 22.7 Å². The molecule has 0 bridgehead atoms. The number of hydrogen-bond donors (Lipinski definition) is 1. The quantitative estimate of drug-likeness (QED) is 0.679. The summed E-state index contributed by atoms with van der Waals surface area (Å²) < 4.78 is 5.58. The second-order valence-electron chi connectivity index (χ2n) is 4.79. The molecule has 0 fully saturated rings. The Morgan fingerprint density at radius 3 is 2.58 bits per heavy atom. The van der Waals surface area contributed by atoms with E-state index in [9.17, 15) is 0 Å². The number of rotatable bonds is 1. The van der Waals surface area contributed by atoms with Gasteiger partial charge in [-0.1, -0.05) is 15.9 Å². The van der Waals surface area contributed by atoms with Crippen molar-refractivity contribution < 1.29 is 21.5 Å². The molecule has 2 heterocycles. The smallest absolute Gasteiger partial charge is 0.263 e. The third-order valence-electron chi connectivity index (χ3n) is 3.52. The highest BCUT2D eigenvalue weighted by Crippen LogP contribution is 2.21. The zero-order valence-electron chi connectivity index (χ0n) is 10.6. The van der Waals surface area contributed by atoms with Gasteiger partial charge in [0.05, 0.1) is 6.54 Å². The van der Waals surface area contributed by atoms with Gasteiger partial charge in [0, 0.05) is 10.9 Å². The highest BCUT2D eigenvalue weighted by Gasteiger charge is 2.24. The first-order chi connectivity index (χ1) is 8.75. The summed E-state index contributed by atoms with van der Waals surface area (Å²) in [6.45, 7) is 1.09. The normalized spacial score (nSPS) is 14.4. The van der Waals surface area contributed by atoms with E-state index in [2.05, 4.69) is 55.5 Å². The Bertz CT molecular complexity index is 561. The third kappa shape index (κ3) is 2.87. The van der Waals surface area contributed by atoms with Crippen LogP contribution in [0, 0.1) is 0 Å². The third-order valence-corrected chi connectivity index (χ3v) is 4.05. The molecule has 3 nitrogen and oxygen atoms in total. The monoisotopic (exact) mass is 385 g/mol. The molecule has 2 N–H and O–H groups in total. The van der Waals surface area contributed by atoms with Crippen molar-refractivity contribution >= 4 is 21.7 Å². The van der Waals surface area contributed by atoms with Crippen LogP contribution in [0.25, 0.3) is 5.69 Å². The Morgan fingerprint density at radius 1 is 1.11 bits per heavy atom. The average Bonchev–Trinajstić information content (AvgIpc) is 2.54. The Balaban J connectivity index is 0.00000133. The highest BCUT2D eigenvalue weighted by atomic mass is 79.9. The molecule has 0 aliphatic carbocycles. The number of benzene rings is 1. The number of hydrogen-bond acceptors (Lipinski definition) is 1. The van der Waals surface area contributed by atoms with Crippen molar-refractivity contribution in [1.82, 2.24) is 4.57 Å². The van der Waals surface area contributed by atoms with Crippen LogP contribution in [0.1, 0.15) is 25.1 Å². The van der Waals surface area contributed by atoms with Crippen LogP contribution >= 0.6 is 15.9 Å². The van der Waals surface area contributed by atoms with Crippen molar-refractivity contribution in [2.75, 3.05) is 5.73 Å². The molecule has 0 saturated carbocycles. The maximum atomic E-state index is 6.17. The summed E-state index contributed by atoms with van der Waals surface area (Å²) in [4.78, 5) is 0. The topological polar surface area (TPSA) is 34.8 Å². The lowest BCUT2D eigenvalue weighted by molar-refractivity contribution is -0.702. The summed E-state index contributed by atoms with van der Waals surface area (Å²) in [6, 6.07) is 8.32. The van der Waals surface area contributed by atoms with Gasteiger partial charge in [-0.05, 0) is 43.5 Å². The molecular formula is C14H17Br2N3. The molecule has 5 heteroatoms. The van der Waals surface area contributed by atoms with Crippen LogP contribution in [-0.4, -0.2) is 4.57 Å². The maximum absolute atomic E-state index is 6.17. The number of nitrogens with zero attached hydrogens (tertiary/aromatic N) is 2. The minimum atomic E-state index is 0. The number of anilines is 1. The Morgan fingerprint density at radius 2 is 1.84 bits per heavy atom. The SMILES string of the molecule is Nc1c[n+]2c(n1-c1ccc(Br)cc1)CCCCC2.[Br-]. The molecular weight excluding hydrogens is 370 g/mol. The zero-order chi connectivity index (χ0) is 12.5. The summed E-state index contributed by atoms with van der Waals surface area (Å²) >= 11 is 3.47. The van der Waals surface area contributed by atoms with E-state index >= 15 is 0 Å². The molecule has 3 rings (SSSR count). The standard InChI is InChI=1S/C14H17BrN3.BrH/c15-11-5-7-12(8-6-11)18-13(16)10-17-9-3-1-2-4-14(17)18;/h5-8,10H,1-4,9,16H2;1H/q+1;/p-1. The van der Waals surface area contributed by atoms with Crippen molar-refractivity contribution in [2.45, 2.75) is 32.2 Å². The first kappa shape index (κ1) is 14.6. The lowest BCUT2D eigenvalue weighted by Crippen LogP contribution is -3.00. The molecule has 0 unspecified atom stereocenters. The van der Waals surface area contributed by atoms with E-state index < -0.39 is 0 Å². The summed E-state index contributed by atoms with van der Waals surface area (Å²) in [7, 11) is 0. The van der Waals surface area contributed by atoms with Gasteiger partial charge in [-0.2, -0.15) is 4.57 Å². The summed E-state index contributed by atoms with van der Waals surface area (Å²) in [5.41, 5.74) is 7.32. The lowest BCUT2D eigenvalue weighted by Gasteiger charge is -2.02. The largest absolute Gasteiger partial charge is 1.00 e. The van der Waals surface area contributed by atoms with Crippen LogP contribution in [0.2, 0.25) is 0 Å². The number of nitrogen functional groups attached to an aromatic ring is 1. The minimum absolute atomic E-state index is 0. The van der Waals surface area contributed by atoms with Gasteiger partial charge in [0.2, 0.25) is 5.82 Å². The van der Waals surface area contributed by atoms with E-state index in [1.165, 1.54) is 25.1 Å². The summed E-state index contributed by atoms with van der Waals surface area (Å²) in [5, 5.41) is 0. The number of aromatic nitrogens is 2. The van der Waals surface area contributed by atoms with Crippen LogP contribution in [-0.2, 0) is 13.0 Å². The minimum Gasteiger partial charge on any atom is -1.00 e. The fourth-order valence-corrected chi connectivity index (χ4v) is 2.91. The average molecular weight is 387 g/mol. The molecule has 2 aromatic rings. The van der Waals surface area contributed by atoms with Crippen LogP contribution in [0.3, 0.4) is 0 Å². The second kappa shape index (κ2) is 6.09. The van der Waals surface area contributed by atoms with Crippen molar-refractivity contribution in [3.63, 3.8) is 0 Å².